The maximum Gasteiger partial charge on any atom is 0.333 e. The minimum atomic E-state index is -4.07. The van der Waals surface area contributed by atoms with Crippen LogP contribution in [-0.2, 0) is 41.2 Å². The van der Waals surface area contributed by atoms with Gasteiger partial charge in [-0.3, -0.25) is 4.68 Å². The van der Waals surface area contributed by atoms with Gasteiger partial charge in [0, 0.05) is 18.4 Å². The van der Waals surface area contributed by atoms with Crippen LogP contribution >= 0.6 is 0 Å². The van der Waals surface area contributed by atoms with Gasteiger partial charge in [-0.2, -0.15) is 13.5 Å². The Morgan fingerprint density at radius 3 is 2.31 bits per heavy atom. The monoisotopic (exact) mass is 457 g/mol. The molecule has 2 amide bonds. The van der Waals surface area contributed by atoms with Crippen LogP contribution in [0.3, 0.4) is 0 Å². The lowest BCUT2D eigenvalue weighted by molar-refractivity contribution is 0.0835. The topological polar surface area (TPSA) is 96.3 Å². The molecule has 1 fully saturated rings. The largest absolute Gasteiger partial charge is 0.333 e. The van der Waals surface area contributed by atoms with Crippen LogP contribution in [0.2, 0.25) is 0 Å². The Labute approximate surface area is 189 Å². The zero-order valence-electron chi connectivity index (χ0n) is 18.8. The molecule has 0 aliphatic heterocycles. The quantitative estimate of drug-likeness (QED) is 0.695. The summed E-state index contributed by atoms with van der Waals surface area (Å²) >= 11 is 0. The Kier molecular flexibility index (Phi) is 5.28. The van der Waals surface area contributed by atoms with Crippen molar-refractivity contribution in [1.82, 2.24) is 19.4 Å². The maximum absolute atomic E-state index is 12.9. The summed E-state index contributed by atoms with van der Waals surface area (Å²) in [5, 5.41) is 7.12. The van der Waals surface area contributed by atoms with E-state index in [4.69, 9.17) is 0 Å². The van der Waals surface area contributed by atoms with Gasteiger partial charge in [0.05, 0.1) is 5.54 Å². The van der Waals surface area contributed by atoms with Crippen molar-refractivity contribution >= 4 is 21.7 Å². The van der Waals surface area contributed by atoms with Gasteiger partial charge < -0.3 is 10.2 Å². The van der Waals surface area contributed by atoms with Crippen molar-refractivity contribution in [2.45, 2.75) is 68.4 Å². The van der Waals surface area contributed by atoms with Crippen LogP contribution in [0.15, 0.2) is 23.4 Å². The van der Waals surface area contributed by atoms with E-state index in [2.05, 4.69) is 26.1 Å². The molecule has 3 aliphatic carbocycles. The Morgan fingerprint density at radius 2 is 1.75 bits per heavy atom. The van der Waals surface area contributed by atoms with E-state index in [0.717, 1.165) is 81.1 Å². The van der Waals surface area contributed by atoms with Gasteiger partial charge >= 0.3 is 6.03 Å². The summed E-state index contributed by atoms with van der Waals surface area (Å²) in [7, 11) is -0.0590. The number of fused-ring (bicyclic) bond motifs is 2. The number of nitrogens with one attached hydrogen (secondary N) is 2. The van der Waals surface area contributed by atoms with Gasteiger partial charge in [-0.1, -0.05) is 6.07 Å². The SMILES string of the molecule is CN(C)CC1(n2ccc(S(=O)(=O)NC(=O)Nc3c4c(cc5c3CCC5)CCC4)n2)CCC1. The highest BCUT2D eigenvalue weighted by molar-refractivity contribution is 7.90. The molecule has 1 heterocycles. The fourth-order valence-corrected chi connectivity index (χ4v) is 6.46. The average Bonchev–Trinajstić information content (AvgIpc) is 3.43. The van der Waals surface area contributed by atoms with Crippen LogP contribution in [0.5, 0.6) is 0 Å². The van der Waals surface area contributed by atoms with E-state index in [9.17, 15) is 13.2 Å². The second-order valence-corrected chi connectivity index (χ2v) is 11.3. The molecule has 2 N–H and O–H groups in total. The first-order valence-electron chi connectivity index (χ1n) is 11.5. The number of carbonyl (C=O) groups is 1. The van der Waals surface area contributed by atoms with Crippen molar-refractivity contribution in [2.75, 3.05) is 26.0 Å². The van der Waals surface area contributed by atoms with Crippen LogP contribution < -0.4 is 10.0 Å². The Balaban J connectivity index is 1.34. The second kappa shape index (κ2) is 7.88. The summed E-state index contributed by atoms with van der Waals surface area (Å²) in [6.07, 6.45) is 10.8. The molecule has 8 nitrogen and oxygen atoms in total. The third-order valence-corrected chi connectivity index (χ3v) is 8.38. The molecule has 0 spiro atoms. The first kappa shape index (κ1) is 21.5. The lowest BCUT2D eigenvalue weighted by atomic mass is 9.76. The van der Waals surface area contributed by atoms with Crippen molar-refractivity contribution in [1.29, 1.82) is 0 Å². The predicted molar refractivity (Wildman–Crippen MR) is 122 cm³/mol. The van der Waals surface area contributed by atoms with Crippen molar-refractivity contribution in [3.05, 3.63) is 40.6 Å². The normalized spacial score (nSPS) is 18.8. The number of hydrogen-bond acceptors (Lipinski definition) is 5. The lowest BCUT2D eigenvalue weighted by Crippen LogP contribution is -2.48. The molecule has 0 bridgehead atoms. The number of sulfonamides is 1. The van der Waals surface area contributed by atoms with Gasteiger partial charge in [0.1, 0.15) is 0 Å². The second-order valence-electron chi connectivity index (χ2n) is 9.71. The van der Waals surface area contributed by atoms with E-state index < -0.39 is 16.1 Å². The van der Waals surface area contributed by atoms with Gasteiger partial charge in [-0.05, 0) is 100 Å². The first-order valence-corrected chi connectivity index (χ1v) is 13.0. The van der Waals surface area contributed by atoms with Crippen LogP contribution in [0.4, 0.5) is 10.5 Å². The Hall–Kier alpha value is -2.39. The number of aryl methyl sites for hydroxylation is 2. The summed E-state index contributed by atoms with van der Waals surface area (Å²) in [6.45, 7) is 0.798. The summed E-state index contributed by atoms with van der Waals surface area (Å²) in [4.78, 5) is 14.9. The van der Waals surface area contributed by atoms with Crippen molar-refractivity contribution in [2.24, 2.45) is 0 Å². The minimum Gasteiger partial charge on any atom is -0.307 e. The molecule has 2 aromatic rings. The van der Waals surface area contributed by atoms with E-state index in [1.165, 1.54) is 17.2 Å². The number of hydrogen-bond donors (Lipinski definition) is 2. The molecule has 9 heteroatoms. The van der Waals surface area contributed by atoms with Gasteiger partial charge in [0.15, 0.2) is 5.03 Å². The third-order valence-electron chi connectivity index (χ3n) is 7.16. The maximum atomic E-state index is 12.9. The molecule has 1 aromatic heterocycles. The number of anilines is 1. The highest BCUT2D eigenvalue weighted by Crippen LogP contribution is 2.40. The van der Waals surface area contributed by atoms with Crippen LogP contribution in [0, 0.1) is 0 Å². The summed E-state index contributed by atoms with van der Waals surface area (Å²) in [6, 6.07) is 3.03. The third kappa shape index (κ3) is 3.71. The highest BCUT2D eigenvalue weighted by atomic mass is 32.2. The molecule has 172 valence electrons. The predicted octanol–water partition coefficient (Wildman–Crippen LogP) is 2.81. The highest BCUT2D eigenvalue weighted by Gasteiger charge is 2.40. The molecule has 5 rings (SSSR count). The molecule has 0 unspecified atom stereocenters. The van der Waals surface area contributed by atoms with Crippen LogP contribution in [0.1, 0.15) is 54.4 Å². The van der Waals surface area contributed by atoms with E-state index in [1.54, 1.807) is 10.9 Å². The number of benzene rings is 1. The Bertz CT molecular complexity index is 1130. The molecular formula is C23H31N5O3S. The Morgan fingerprint density at radius 1 is 1.09 bits per heavy atom. The molecule has 0 atom stereocenters. The summed E-state index contributed by atoms with van der Waals surface area (Å²) < 4.78 is 29.8. The smallest absolute Gasteiger partial charge is 0.307 e. The molecule has 1 saturated carbocycles. The zero-order chi connectivity index (χ0) is 22.5. The van der Waals surface area contributed by atoms with Gasteiger partial charge in [-0.25, -0.2) is 9.52 Å². The summed E-state index contributed by atoms with van der Waals surface area (Å²) in [5.74, 6) is 0. The standard InChI is InChI=1S/C23H31N5O3S/c1-27(2)15-23(11-5-12-23)28-13-10-20(25-28)32(30,31)26-22(29)24-21-18-8-3-6-16(18)14-17-7-4-9-19(17)21/h10,13-14H,3-9,11-12,15H2,1-2H3,(H2,24,26,29). The van der Waals surface area contributed by atoms with Crippen LogP contribution in [-0.4, -0.2) is 49.8 Å². The first-order chi connectivity index (χ1) is 15.3. The number of amides is 2. The number of rotatable bonds is 6. The molecule has 0 saturated heterocycles. The molecular weight excluding hydrogens is 426 g/mol. The summed E-state index contributed by atoms with van der Waals surface area (Å²) in [5.41, 5.74) is 5.55. The van der Waals surface area contributed by atoms with Crippen molar-refractivity contribution < 1.29 is 13.2 Å². The number of urea groups is 1. The molecule has 0 radical (unpaired) electrons. The van der Waals surface area contributed by atoms with Gasteiger partial charge in [0.2, 0.25) is 0 Å². The van der Waals surface area contributed by atoms with Crippen molar-refractivity contribution in [3.63, 3.8) is 0 Å². The fourth-order valence-electron chi connectivity index (χ4n) is 5.63. The molecule has 32 heavy (non-hydrogen) atoms. The number of carbonyl (C=O) groups excluding carboxylic acids is 1. The number of aromatic nitrogens is 2. The number of likely N-dealkylation sites (N-methyl/N-ethyl adjacent to an activating group) is 1. The molecule has 1 aromatic carbocycles. The lowest BCUT2D eigenvalue weighted by Gasteiger charge is -2.43. The fraction of sp³-hybridized carbons (Fsp3) is 0.565. The molecule has 3 aliphatic rings. The average molecular weight is 458 g/mol. The van der Waals surface area contributed by atoms with E-state index >= 15 is 0 Å². The van der Waals surface area contributed by atoms with E-state index in [0.29, 0.717) is 0 Å². The van der Waals surface area contributed by atoms with Gasteiger partial charge in [-0.15, -0.1) is 0 Å². The zero-order valence-corrected chi connectivity index (χ0v) is 19.6. The number of nitrogens with zero attached hydrogens (tertiary/aromatic N) is 3. The van der Waals surface area contributed by atoms with E-state index in [-0.39, 0.29) is 10.6 Å². The van der Waals surface area contributed by atoms with Crippen LogP contribution in [0.25, 0.3) is 0 Å². The van der Waals surface area contributed by atoms with Crippen molar-refractivity contribution in [3.8, 4) is 0 Å². The van der Waals surface area contributed by atoms with E-state index in [1.807, 2.05) is 14.1 Å². The van der Waals surface area contributed by atoms with Gasteiger partial charge in [0.25, 0.3) is 10.0 Å². The minimum absolute atomic E-state index is 0.124.